The monoisotopic (exact) mass is 377 g/mol. The average Bonchev–Trinajstić information content (AvgIpc) is 2.93. The lowest BCUT2D eigenvalue weighted by atomic mass is 10.1. The molecular weight excluding hydrogens is 365 g/mol. The Kier molecular flexibility index (Phi) is 5.19. The van der Waals surface area contributed by atoms with Crippen LogP contribution in [0, 0.1) is 0 Å². The standard InChI is InChI=1S/C18H13Cl2NO2S/c19-12-3-1-11(2-4-12)9-16-17(22)15(10-24-16)18(23)21-14-7-5-13(20)6-8-14/h1-9,22H,10H2,(H,21,23)/b16-9-. The lowest BCUT2D eigenvalue weighted by molar-refractivity contribution is -0.112. The van der Waals surface area contributed by atoms with Crippen molar-refractivity contribution in [2.75, 3.05) is 11.1 Å². The van der Waals surface area contributed by atoms with Gasteiger partial charge in [0.1, 0.15) is 5.76 Å². The van der Waals surface area contributed by atoms with Gasteiger partial charge in [0, 0.05) is 21.5 Å². The van der Waals surface area contributed by atoms with Crippen molar-refractivity contribution in [3.05, 3.63) is 80.4 Å². The summed E-state index contributed by atoms with van der Waals surface area (Å²) >= 11 is 13.1. The van der Waals surface area contributed by atoms with E-state index in [0.29, 0.717) is 32.0 Å². The van der Waals surface area contributed by atoms with Gasteiger partial charge in [-0.1, -0.05) is 35.3 Å². The van der Waals surface area contributed by atoms with Crippen LogP contribution in [0.2, 0.25) is 10.0 Å². The molecule has 0 aromatic heterocycles. The number of carbonyl (C=O) groups is 1. The molecule has 1 aliphatic heterocycles. The van der Waals surface area contributed by atoms with Gasteiger partial charge in [-0.15, -0.1) is 11.8 Å². The molecule has 0 saturated heterocycles. The van der Waals surface area contributed by atoms with E-state index in [1.54, 1.807) is 36.4 Å². The van der Waals surface area contributed by atoms with Crippen molar-refractivity contribution in [1.82, 2.24) is 0 Å². The van der Waals surface area contributed by atoms with Gasteiger partial charge in [0.25, 0.3) is 5.91 Å². The van der Waals surface area contributed by atoms with Crippen LogP contribution in [-0.2, 0) is 4.79 Å². The quantitative estimate of drug-likeness (QED) is 0.738. The highest BCUT2D eigenvalue weighted by Gasteiger charge is 2.25. The van der Waals surface area contributed by atoms with Crippen molar-refractivity contribution in [2.45, 2.75) is 0 Å². The Morgan fingerprint density at radius 1 is 1.04 bits per heavy atom. The van der Waals surface area contributed by atoms with Gasteiger partial charge in [-0.3, -0.25) is 4.79 Å². The van der Waals surface area contributed by atoms with Crippen molar-refractivity contribution < 1.29 is 9.90 Å². The highest BCUT2D eigenvalue weighted by molar-refractivity contribution is 8.04. The molecule has 3 nitrogen and oxygen atoms in total. The zero-order valence-electron chi connectivity index (χ0n) is 12.4. The average molecular weight is 378 g/mol. The van der Waals surface area contributed by atoms with Crippen LogP contribution in [-0.4, -0.2) is 16.8 Å². The normalized spacial score (nSPS) is 15.8. The van der Waals surface area contributed by atoms with Crippen LogP contribution in [0.1, 0.15) is 5.56 Å². The molecule has 24 heavy (non-hydrogen) atoms. The lowest BCUT2D eigenvalue weighted by Gasteiger charge is -2.05. The zero-order valence-corrected chi connectivity index (χ0v) is 14.8. The van der Waals surface area contributed by atoms with E-state index in [9.17, 15) is 9.90 Å². The van der Waals surface area contributed by atoms with E-state index in [0.717, 1.165) is 5.56 Å². The molecule has 0 saturated carbocycles. The van der Waals surface area contributed by atoms with E-state index in [-0.39, 0.29) is 11.7 Å². The minimum atomic E-state index is -0.318. The van der Waals surface area contributed by atoms with Crippen LogP contribution in [0.15, 0.2) is 64.8 Å². The minimum Gasteiger partial charge on any atom is -0.506 e. The van der Waals surface area contributed by atoms with Crippen molar-refractivity contribution in [1.29, 1.82) is 0 Å². The van der Waals surface area contributed by atoms with Gasteiger partial charge in [0.2, 0.25) is 0 Å². The summed E-state index contributed by atoms with van der Waals surface area (Å²) in [6.07, 6.45) is 1.83. The summed E-state index contributed by atoms with van der Waals surface area (Å²) in [5, 5.41) is 14.3. The number of thioether (sulfide) groups is 1. The van der Waals surface area contributed by atoms with Crippen LogP contribution in [0.25, 0.3) is 6.08 Å². The Morgan fingerprint density at radius 2 is 1.62 bits per heavy atom. The summed E-state index contributed by atoms with van der Waals surface area (Å²) in [6, 6.07) is 14.1. The topological polar surface area (TPSA) is 49.3 Å². The predicted octanol–water partition coefficient (Wildman–Crippen LogP) is 5.53. The number of nitrogens with one attached hydrogen (secondary N) is 1. The van der Waals surface area contributed by atoms with Crippen molar-refractivity contribution >= 4 is 52.6 Å². The van der Waals surface area contributed by atoms with Gasteiger partial charge in [-0.25, -0.2) is 0 Å². The van der Waals surface area contributed by atoms with E-state index in [1.807, 2.05) is 18.2 Å². The van der Waals surface area contributed by atoms with Crippen molar-refractivity contribution in [3.63, 3.8) is 0 Å². The largest absolute Gasteiger partial charge is 0.506 e. The fraction of sp³-hybridized carbons (Fsp3) is 0.0556. The molecule has 0 bridgehead atoms. The summed E-state index contributed by atoms with van der Waals surface area (Å²) in [4.78, 5) is 13.0. The summed E-state index contributed by atoms with van der Waals surface area (Å²) in [5.74, 6) is 0.119. The number of rotatable bonds is 3. The van der Waals surface area contributed by atoms with Crippen molar-refractivity contribution in [3.8, 4) is 0 Å². The third kappa shape index (κ3) is 3.96. The smallest absolute Gasteiger partial charge is 0.256 e. The number of carbonyl (C=O) groups excluding carboxylic acids is 1. The number of amides is 1. The van der Waals surface area contributed by atoms with Gasteiger partial charge in [0.15, 0.2) is 0 Å². The molecule has 0 spiro atoms. The Morgan fingerprint density at radius 3 is 2.25 bits per heavy atom. The number of anilines is 1. The molecule has 1 heterocycles. The first kappa shape index (κ1) is 17.0. The number of aliphatic hydroxyl groups excluding tert-OH is 1. The van der Waals surface area contributed by atoms with Gasteiger partial charge >= 0.3 is 0 Å². The third-order valence-corrected chi connectivity index (χ3v) is 4.99. The third-order valence-electron chi connectivity index (χ3n) is 3.44. The molecule has 0 radical (unpaired) electrons. The first-order chi connectivity index (χ1) is 11.5. The molecule has 0 aliphatic carbocycles. The summed E-state index contributed by atoms with van der Waals surface area (Å²) in [5.41, 5.74) is 1.90. The molecule has 3 rings (SSSR count). The molecule has 6 heteroatoms. The summed E-state index contributed by atoms with van der Waals surface area (Å²) < 4.78 is 0. The molecule has 1 amide bonds. The first-order valence-electron chi connectivity index (χ1n) is 7.12. The highest BCUT2D eigenvalue weighted by atomic mass is 35.5. The Hall–Kier alpha value is -1.88. The van der Waals surface area contributed by atoms with Gasteiger partial charge in [0.05, 0.1) is 10.5 Å². The van der Waals surface area contributed by atoms with E-state index in [2.05, 4.69) is 5.32 Å². The maximum absolute atomic E-state index is 12.3. The number of aliphatic hydroxyl groups is 1. The van der Waals surface area contributed by atoms with E-state index >= 15 is 0 Å². The minimum absolute atomic E-state index is 0.0152. The second-order valence-electron chi connectivity index (χ2n) is 5.14. The second-order valence-corrected chi connectivity index (χ2v) is 7.03. The van der Waals surface area contributed by atoms with Crippen LogP contribution >= 0.6 is 35.0 Å². The molecule has 0 atom stereocenters. The fourth-order valence-corrected chi connectivity index (χ4v) is 3.47. The molecule has 0 unspecified atom stereocenters. The molecule has 2 aromatic carbocycles. The van der Waals surface area contributed by atoms with Crippen LogP contribution in [0.4, 0.5) is 5.69 Å². The lowest BCUT2D eigenvalue weighted by Crippen LogP contribution is -2.15. The predicted molar refractivity (Wildman–Crippen MR) is 102 cm³/mol. The molecule has 2 aromatic rings. The molecule has 122 valence electrons. The summed E-state index contributed by atoms with van der Waals surface area (Å²) in [7, 11) is 0. The first-order valence-corrected chi connectivity index (χ1v) is 8.86. The Balaban J connectivity index is 1.78. The highest BCUT2D eigenvalue weighted by Crippen LogP contribution is 2.36. The van der Waals surface area contributed by atoms with Crippen LogP contribution in [0.3, 0.4) is 0 Å². The number of hydrogen-bond acceptors (Lipinski definition) is 3. The van der Waals surface area contributed by atoms with E-state index in [4.69, 9.17) is 23.2 Å². The van der Waals surface area contributed by atoms with Crippen LogP contribution in [0.5, 0.6) is 0 Å². The number of hydrogen-bond donors (Lipinski definition) is 2. The van der Waals surface area contributed by atoms with Gasteiger partial charge in [-0.05, 0) is 48.0 Å². The SMILES string of the molecule is O=C(Nc1ccc(Cl)cc1)C1=C(O)/C(=C/c2ccc(Cl)cc2)SC1. The molecular formula is C18H13Cl2NO2S. The second kappa shape index (κ2) is 7.34. The summed E-state index contributed by atoms with van der Waals surface area (Å²) in [6.45, 7) is 0. The number of benzene rings is 2. The van der Waals surface area contributed by atoms with Crippen LogP contribution < -0.4 is 5.32 Å². The fourth-order valence-electron chi connectivity index (χ4n) is 2.17. The number of halogens is 2. The Bertz CT molecular complexity index is 827. The maximum atomic E-state index is 12.3. The van der Waals surface area contributed by atoms with E-state index < -0.39 is 0 Å². The van der Waals surface area contributed by atoms with Gasteiger partial charge < -0.3 is 10.4 Å². The molecule has 1 aliphatic rings. The van der Waals surface area contributed by atoms with Crippen molar-refractivity contribution in [2.24, 2.45) is 0 Å². The van der Waals surface area contributed by atoms with E-state index in [1.165, 1.54) is 11.8 Å². The maximum Gasteiger partial charge on any atom is 0.256 e. The zero-order chi connectivity index (χ0) is 17.1. The Labute approximate surface area is 154 Å². The van der Waals surface area contributed by atoms with Gasteiger partial charge in [-0.2, -0.15) is 0 Å². The molecule has 0 fully saturated rings. The molecule has 2 N–H and O–H groups in total.